The van der Waals surface area contributed by atoms with Crippen molar-refractivity contribution in [3.05, 3.63) is 0 Å². The molecule has 0 aromatic rings. The lowest BCUT2D eigenvalue weighted by molar-refractivity contribution is -0.0627. The van der Waals surface area contributed by atoms with Crippen LogP contribution < -0.4 is 5.32 Å². The van der Waals surface area contributed by atoms with E-state index in [0.29, 0.717) is 6.04 Å². The predicted octanol–water partition coefficient (Wildman–Crippen LogP) is 2.00. The Labute approximate surface area is 107 Å². The lowest BCUT2D eigenvalue weighted by Crippen LogP contribution is -2.61. The Hall–Kier alpha value is -0.120. The number of unbranched alkanes of at least 4 members (excludes halogenated alkanes) is 2. The average Bonchev–Trinajstić information content (AvgIpc) is 2.25. The number of aliphatic hydroxyl groups is 1. The van der Waals surface area contributed by atoms with Gasteiger partial charge in [-0.2, -0.15) is 0 Å². The van der Waals surface area contributed by atoms with Crippen LogP contribution in [0.5, 0.6) is 0 Å². The molecule has 0 bridgehead atoms. The van der Waals surface area contributed by atoms with Gasteiger partial charge < -0.3 is 10.4 Å². The zero-order valence-corrected chi connectivity index (χ0v) is 12.0. The first-order chi connectivity index (χ1) is 7.99. The molecular weight excluding hydrogens is 212 g/mol. The number of hydrogen-bond acceptors (Lipinski definition) is 3. The second-order valence-corrected chi connectivity index (χ2v) is 5.87. The van der Waals surface area contributed by atoms with Gasteiger partial charge in [0.25, 0.3) is 0 Å². The number of nitrogens with zero attached hydrogens (tertiary/aromatic N) is 1. The van der Waals surface area contributed by atoms with Crippen molar-refractivity contribution >= 4 is 0 Å². The standard InChI is InChI=1S/C14H30N2O/c1-5-6-7-10-16(12(2)3)13-11-15-9-8-14(13,4)17/h12-13,15,17H,5-11H2,1-4H3. The van der Waals surface area contributed by atoms with Gasteiger partial charge in [0.2, 0.25) is 0 Å². The largest absolute Gasteiger partial charge is 0.388 e. The van der Waals surface area contributed by atoms with Crippen molar-refractivity contribution in [1.29, 1.82) is 0 Å². The molecule has 2 atom stereocenters. The summed E-state index contributed by atoms with van der Waals surface area (Å²) in [6.45, 7) is 11.6. The van der Waals surface area contributed by atoms with Crippen molar-refractivity contribution in [2.45, 2.75) is 71.1 Å². The van der Waals surface area contributed by atoms with Crippen LogP contribution in [0.1, 0.15) is 53.4 Å². The van der Waals surface area contributed by atoms with Crippen molar-refractivity contribution in [2.75, 3.05) is 19.6 Å². The summed E-state index contributed by atoms with van der Waals surface area (Å²) in [5, 5.41) is 13.9. The third kappa shape index (κ3) is 4.23. The molecule has 0 spiro atoms. The van der Waals surface area contributed by atoms with E-state index in [1.165, 1.54) is 19.3 Å². The normalized spacial score (nSPS) is 30.2. The molecule has 0 aromatic carbocycles. The molecule has 0 aromatic heterocycles. The van der Waals surface area contributed by atoms with Crippen molar-refractivity contribution in [2.24, 2.45) is 0 Å². The lowest BCUT2D eigenvalue weighted by Gasteiger charge is -2.46. The van der Waals surface area contributed by atoms with Crippen LogP contribution in [0.15, 0.2) is 0 Å². The minimum Gasteiger partial charge on any atom is -0.388 e. The van der Waals surface area contributed by atoms with E-state index in [9.17, 15) is 5.11 Å². The van der Waals surface area contributed by atoms with Crippen LogP contribution in [0.2, 0.25) is 0 Å². The molecule has 1 saturated heterocycles. The molecule has 102 valence electrons. The minimum atomic E-state index is -0.540. The molecule has 1 aliphatic rings. The molecule has 17 heavy (non-hydrogen) atoms. The van der Waals surface area contributed by atoms with E-state index >= 15 is 0 Å². The lowest BCUT2D eigenvalue weighted by atomic mass is 9.87. The molecule has 1 rings (SSSR count). The van der Waals surface area contributed by atoms with E-state index in [0.717, 1.165) is 26.1 Å². The van der Waals surface area contributed by atoms with Crippen LogP contribution in [0, 0.1) is 0 Å². The summed E-state index contributed by atoms with van der Waals surface area (Å²) in [5.41, 5.74) is -0.540. The van der Waals surface area contributed by atoms with Crippen molar-refractivity contribution < 1.29 is 5.11 Å². The van der Waals surface area contributed by atoms with Crippen LogP contribution >= 0.6 is 0 Å². The Morgan fingerprint density at radius 1 is 1.41 bits per heavy atom. The Bertz CT molecular complexity index is 216. The van der Waals surface area contributed by atoms with Crippen molar-refractivity contribution in [1.82, 2.24) is 10.2 Å². The average molecular weight is 242 g/mol. The fourth-order valence-corrected chi connectivity index (χ4v) is 2.76. The molecule has 0 saturated carbocycles. The van der Waals surface area contributed by atoms with E-state index in [2.05, 4.69) is 31.0 Å². The Morgan fingerprint density at radius 2 is 2.12 bits per heavy atom. The minimum absolute atomic E-state index is 0.258. The van der Waals surface area contributed by atoms with Crippen LogP contribution in [0.4, 0.5) is 0 Å². The summed E-state index contributed by atoms with van der Waals surface area (Å²) in [6.07, 6.45) is 4.63. The SMILES string of the molecule is CCCCCN(C(C)C)C1CNCCC1(C)O. The Morgan fingerprint density at radius 3 is 2.65 bits per heavy atom. The van der Waals surface area contributed by atoms with Crippen LogP contribution in [-0.4, -0.2) is 47.3 Å². The zero-order chi connectivity index (χ0) is 12.9. The van der Waals surface area contributed by atoms with Gasteiger partial charge in [0.05, 0.1) is 11.6 Å². The van der Waals surface area contributed by atoms with E-state index in [1.54, 1.807) is 0 Å². The zero-order valence-electron chi connectivity index (χ0n) is 12.0. The fourth-order valence-electron chi connectivity index (χ4n) is 2.76. The maximum absolute atomic E-state index is 10.5. The fraction of sp³-hybridized carbons (Fsp3) is 1.00. The maximum Gasteiger partial charge on any atom is 0.0798 e. The molecule has 3 nitrogen and oxygen atoms in total. The molecule has 2 N–H and O–H groups in total. The van der Waals surface area contributed by atoms with E-state index in [-0.39, 0.29) is 6.04 Å². The van der Waals surface area contributed by atoms with Crippen molar-refractivity contribution in [3.8, 4) is 0 Å². The third-order valence-corrected chi connectivity index (χ3v) is 3.95. The second kappa shape index (κ2) is 6.72. The van der Waals surface area contributed by atoms with E-state index in [1.807, 2.05) is 6.92 Å². The number of rotatable bonds is 6. The maximum atomic E-state index is 10.5. The van der Waals surface area contributed by atoms with Gasteiger partial charge in [0, 0.05) is 12.6 Å². The quantitative estimate of drug-likeness (QED) is 0.699. The van der Waals surface area contributed by atoms with Gasteiger partial charge in [-0.05, 0) is 46.7 Å². The highest BCUT2D eigenvalue weighted by Crippen LogP contribution is 2.24. The number of piperidine rings is 1. The van der Waals surface area contributed by atoms with Gasteiger partial charge in [0.1, 0.15) is 0 Å². The first-order valence-corrected chi connectivity index (χ1v) is 7.18. The molecule has 3 heteroatoms. The van der Waals surface area contributed by atoms with Crippen LogP contribution in [-0.2, 0) is 0 Å². The summed E-state index contributed by atoms with van der Waals surface area (Å²) in [7, 11) is 0. The molecule has 0 aliphatic carbocycles. The summed E-state index contributed by atoms with van der Waals surface area (Å²) in [5.74, 6) is 0. The summed E-state index contributed by atoms with van der Waals surface area (Å²) in [6, 6.07) is 0.760. The second-order valence-electron chi connectivity index (χ2n) is 5.87. The first-order valence-electron chi connectivity index (χ1n) is 7.18. The molecule has 1 fully saturated rings. The van der Waals surface area contributed by atoms with E-state index < -0.39 is 5.60 Å². The van der Waals surface area contributed by atoms with Gasteiger partial charge in [-0.25, -0.2) is 0 Å². The third-order valence-electron chi connectivity index (χ3n) is 3.95. The summed E-state index contributed by atoms with van der Waals surface area (Å²) < 4.78 is 0. The summed E-state index contributed by atoms with van der Waals surface area (Å²) in [4.78, 5) is 2.47. The van der Waals surface area contributed by atoms with Gasteiger partial charge in [-0.1, -0.05) is 19.8 Å². The molecule has 1 aliphatic heterocycles. The van der Waals surface area contributed by atoms with Gasteiger partial charge in [-0.15, -0.1) is 0 Å². The molecule has 1 heterocycles. The first kappa shape index (κ1) is 14.9. The highest BCUT2D eigenvalue weighted by atomic mass is 16.3. The molecule has 0 radical (unpaired) electrons. The monoisotopic (exact) mass is 242 g/mol. The topological polar surface area (TPSA) is 35.5 Å². The smallest absolute Gasteiger partial charge is 0.0798 e. The van der Waals surface area contributed by atoms with Gasteiger partial charge in [-0.3, -0.25) is 4.90 Å². The van der Waals surface area contributed by atoms with Crippen molar-refractivity contribution in [3.63, 3.8) is 0 Å². The summed E-state index contributed by atoms with van der Waals surface area (Å²) >= 11 is 0. The number of hydrogen-bond donors (Lipinski definition) is 2. The van der Waals surface area contributed by atoms with E-state index in [4.69, 9.17) is 0 Å². The Balaban J connectivity index is 2.61. The van der Waals surface area contributed by atoms with Gasteiger partial charge in [0.15, 0.2) is 0 Å². The Kier molecular flexibility index (Phi) is 5.90. The predicted molar refractivity (Wildman–Crippen MR) is 73.3 cm³/mol. The van der Waals surface area contributed by atoms with Crippen LogP contribution in [0.3, 0.4) is 0 Å². The molecule has 0 amide bonds. The molecular formula is C14H30N2O. The highest BCUT2D eigenvalue weighted by molar-refractivity contribution is 4.96. The van der Waals surface area contributed by atoms with Gasteiger partial charge >= 0.3 is 0 Å². The highest BCUT2D eigenvalue weighted by Gasteiger charge is 2.38. The number of nitrogens with one attached hydrogen (secondary N) is 1. The van der Waals surface area contributed by atoms with Crippen LogP contribution in [0.25, 0.3) is 0 Å². The molecule has 2 unspecified atom stereocenters.